The first-order chi connectivity index (χ1) is 15.5. The molecule has 1 aromatic heterocycles. The van der Waals surface area contributed by atoms with Crippen molar-refractivity contribution in [2.45, 2.75) is 12.6 Å². The molecule has 6 nitrogen and oxygen atoms in total. The van der Waals surface area contributed by atoms with Gasteiger partial charge in [0, 0.05) is 10.6 Å². The molecule has 2 heterocycles. The molecule has 0 aliphatic carbocycles. The zero-order valence-electron chi connectivity index (χ0n) is 17.0. The van der Waals surface area contributed by atoms with Crippen LogP contribution in [0.5, 0.6) is 5.75 Å². The highest BCUT2D eigenvalue weighted by Gasteiger charge is 2.46. The second kappa shape index (κ2) is 9.16. The van der Waals surface area contributed by atoms with E-state index >= 15 is 0 Å². The first-order valence-electron chi connectivity index (χ1n) is 9.90. The summed E-state index contributed by atoms with van der Waals surface area (Å²) in [5, 5.41) is 11.6. The van der Waals surface area contributed by atoms with Crippen molar-refractivity contribution < 1.29 is 23.8 Å². The third-order valence-electron chi connectivity index (χ3n) is 5.13. The number of nitrogens with zero attached hydrogens (tertiary/aromatic N) is 1. The minimum absolute atomic E-state index is 0.00337. The SMILES string of the molecule is C=CCOc1ccc(/C(O)=C2/C(=O)C(=O)N(Cc3ccco3)C2c2ccc(Cl)cc2)cc1. The van der Waals surface area contributed by atoms with Crippen LogP contribution in [0.1, 0.15) is 22.9 Å². The molecule has 32 heavy (non-hydrogen) atoms. The van der Waals surface area contributed by atoms with E-state index in [-0.39, 0.29) is 17.9 Å². The average Bonchev–Trinajstić information content (AvgIpc) is 3.41. The van der Waals surface area contributed by atoms with Crippen molar-refractivity contribution in [3.8, 4) is 5.75 Å². The van der Waals surface area contributed by atoms with Crippen molar-refractivity contribution >= 4 is 29.1 Å². The van der Waals surface area contributed by atoms with Crippen LogP contribution in [0.3, 0.4) is 0 Å². The Morgan fingerprint density at radius 2 is 1.84 bits per heavy atom. The Hall–Kier alpha value is -3.77. The molecule has 1 atom stereocenters. The standard InChI is InChI=1S/C25H20ClNO5/c1-2-13-31-19-11-7-17(8-12-19)23(28)21-22(16-5-9-18(26)10-6-16)27(25(30)24(21)29)15-20-4-3-14-32-20/h2-12,14,22,28H,1,13,15H2/b23-21-. The number of halogens is 1. The summed E-state index contributed by atoms with van der Waals surface area (Å²) < 4.78 is 10.8. The van der Waals surface area contributed by atoms with E-state index in [1.54, 1.807) is 66.7 Å². The maximum Gasteiger partial charge on any atom is 0.296 e. The van der Waals surface area contributed by atoms with Crippen LogP contribution >= 0.6 is 11.6 Å². The maximum atomic E-state index is 13.0. The highest BCUT2D eigenvalue weighted by Crippen LogP contribution is 2.40. The number of aliphatic hydroxyl groups excluding tert-OH is 1. The van der Waals surface area contributed by atoms with Gasteiger partial charge in [-0.15, -0.1) is 0 Å². The predicted octanol–water partition coefficient (Wildman–Crippen LogP) is 5.12. The van der Waals surface area contributed by atoms with Gasteiger partial charge < -0.3 is 19.2 Å². The summed E-state index contributed by atoms with van der Waals surface area (Å²) in [5.41, 5.74) is 1.04. The molecule has 2 aromatic carbocycles. The van der Waals surface area contributed by atoms with E-state index in [1.165, 1.54) is 11.2 Å². The Morgan fingerprint density at radius 1 is 1.12 bits per heavy atom. The number of carbonyl (C=O) groups is 2. The Balaban J connectivity index is 1.78. The summed E-state index contributed by atoms with van der Waals surface area (Å²) in [6.45, 7) is 4.03. The molecule has 0 spiro atoms. The summed E-state index contributed by atoms with van der Waals surface area (Å²) in [5.74, 6) is -0.626. The van der Waals surface area contributed by atoms with Gasteiger partial charge in [-0.3, -0.25) is 9.59 Å². The molecular formula is C25H20ClNO5. The quantitative estimate of drug-likeness (QED) is 0.234. The minimum atomic E-state index is -0.797. The van der Waals surface area contributed by atoms with Crippen LogP contribution in [0, 0.1) is 0 Å². The van der Waals surface area contributed by atoms with Gasteiger partial charge in [0.15, 0.2) is 0 Å². The molecular weight excluding hydrogens is 430 g/mol. The molecule has 1 saturated heterocycles. The number of furan rings is 1. The summed E-state index contributed by atoms with van der Waals surface area (Å²) in [7, 11) is 0. The molecule has 1 amide bonds. The lowest BCUT2D eigenvalue weighted by Crippen LogP contribution is -2.29. The molecule has 1 aliphatic rings. The largest absolute Gasteiger partial charge is 0.507 e. The topological polar surface area (TPSA) is 80.0 Å². The normalized spacial score (nSPS) is 17.5. The highest BCUT2D eigenvalue weighted by molar-refractivity contribution is 6.46. The summed E-state index contributed by atoms with van der Waals surface area (Å²) in [6, 6.07) is 16.1. The zero-order valence-corrected chi connectivity index (χ0v) is 17.8. The molecule has 0 radical (unpaired) electrons. The fourth-order valence-corrected chi connectivity index (χ4v) is 3.75. The number of benzene rings is 2. The third-order valence-corrected chi connectivity index (χ3v) is 5.38. The third kappa shape index (κ3) is 4.18. The summed E-state index contributed by atoms with van der Waals surface area (Å²) in [6.07, 6.45) is 3.12. The van der Waals surface area contributed by atoms with Crippen LogP contribution in [0.15, 0.2) is 89.6 Å². The lowest BCUT2D eigenvalue weighted by atomic mass is 9.95. The van der Waals surface area contributed by atoms with Crippen molar-refractivity contribution in [1.82, 2.24) is 4.90 Å². The van der Waals surface area contributed by atoms with Gasteiger partial charge >= 0.3 is 0 Å². The molecule has 1 fully saturated rings. The van der Waals surface area contributed by atoms with E-state index < -0.39 is 17.7 Å². The Labute approximate surface area is 190 Å². The van der Waals surface area contributed by atoms with Crippen LogP contribution in [0.2, 0.25) is 5.02 Å². The van der Waals surface area contributed by atoms with Crippen LogP contribution in [0.4, 0.5) is 0 Å². The first-order valence-corrected chi connectivity index (χ1v) is 10.3. The van der Waals surface area contributed by atoms with Crippen molar-refractivity contribution in [3.05, 3.63) is 107 Å². The second-order valence-corrected chi connectivity index (χ2v) is 7.62. The number of hydrogen-bond donors (Lipinski definition) is 1. The first kappa shape index (κ1) is 21.5. The van der Waals surface area contributed by atoms with E-state index in [0.717, 1.165) is 0 Å². The van der Waals surface area contributed by atoms with E-state index in [0.29, 0.717) is 34.3 Å². The Kier molecular flexibility index (Phi) is 6.14. The van der Waals surface area contributed by atoms with Crippen molar-refractivity contribution in [2.24, 2.45) is 0 Å². The number of ether oxygens (including phenoxy) is 1. The number of rotatable bonds is 7. The minimum Gasteiger partial charge on any atom is -0.507 e. The van der Waals surface area contributed by atoms with Gasteiger partial charge in [-0.25, -0.2) is 0 Å². The van der Waals surface area contributed by atoms with Crippen LogP contribution in [0.25, 0.3) is 5.76 Å². The van der Waals surface area contributed by atoms with E-state index in [2.05, 4.69) is 6.58 Å². The highest BCUT2D eigenvalue weighted by atomic mass is 35.5. The van der Waals surface area contributed by atoms with Crippen molar-refractivity contribution in [3.63, 3.8) is 0 Å². The molecule has 4 rings (SSSR count). The molecule has 7 heteroatoms. The van der Waals surface area contributed by atoms with Gasteiger partial charge in [-0.1, -0.05) is 36.4 Å². The van der Waals surface area contributed by atoms with E-state index in [4.69, 9.17) is 20.8 Å². The molecule has 1 aliphatic heterocycles. The predicted molar refractivity (Wildman–Crippen MR) is 120 cm³/mol. The van der Waals surface area contributed by atoms with Crippen LogP contribution < -0.4 is 4.74 Å². The number of amides is 1. The van der Waals surface area contributed by atoms with Crippen molar-refractivity contribution in [1.29, 1.82) is 0 Å². The van der Waals surface area contributed by atoms with Gasteiger partial charge in [0.25, 0.3) is 11.7 Å². The molecule has 1 unspecified atom stereocenters. The Morgan fingerprint density at radius 3 is 2.47 bits per heavy atom. The summed E-state index contributed by atoms with van der Waals surface area (Å²) >= 11 is 6.03. The summed E-state index contributed by atoms with van der Waals surface area (Å²) in [4.78, 5) is 27.3. The average molecular weight is 450 g/mol. The Bertz CT molecular complexity index is 1160. The lowest BCUT2D eigenvalue weighted by molar-refractivity contribution is -0.140. The van der Waals surface area contributed by atoms with Gasteiger partial charge in [-0.05, 0) is 54.1 Å². The van der Waals surface area contributed by atoms with E-state index in [1.807, 2.05) is 0 Å². The van der Waals surface area contributed by atoms with Gasteiger partial charge in [0.05, 0.1) is 24.4 Å². The second-order valence-electron chi connectivity index (χ2n) is 7.18. The molecule has 0 saturated carbocycles. The maximum absolute atomic E-state index is 13.0. The van der Waals surface area contributed by atoms with Gasteiger partial charge in [0.2, 0.25) is 0 Å². The van der Waals surface area contributed by atoms with Gasteiger partial charge in [-0.2, -0.15) is 0 Å². The number of Topliss-reactive ketones (excluding diaryl/α,β-unsaturated/α-hetero) is 1. The van der Waals surface area contributed by atoms with Crippen molar-refractivity contribution in [2.75, 3.05) is 6.61 Å². The smallest absolute Gasteiger partial charge is 0.296 e. The van der Waals surface area contributed by atoms with Gasteiger partial charge in [0.1, 0.15) is 23.9 Å². The number of carbonyl (C=O) groups excluding carboxylic acids is 2. The molecule has 1 N–H and O–H groups in total. The molecule has 162 valence electrons. The van der Waals surface area contributed by atoms with Crippen LogP contribution in [-0.4, -0.2) is 28.3 Å². The number of aliphatic hydroxyl groups is 1. The molecule has 3 aromatic rings. The number of hydrogen-bond acceptors (Lipinski definition) is 5. The fraction of sp³-hybridized carbons (Fsp3) is 0.120. The van der Waals surface area contributed by atoms with E-state index in [9.17, 15) is 14.7 Å². The molecule has 0 bridgehead atoms. The lowest BCUT2D eigenvalue weighted by Gasteiger charge is -2.24. The van der Waals surface area contributed by atoms with Crippen LogP contribution in [-0.2, 0) is 16.1 Å². The number of likely N-dealkylation sites (tertiary alicyclic amines) is 1. The number of ketones is 1. The zero-order chi connectivity index (χ0) is 22.7. The fourth-order valence-electron chi connectivity index (χ4n) is 3.62. The monoisotopic (exact) mass is 449 g/mol.